The Morgan fingerprint density at radius 2 is 1.70 bits per heavy atom. The lowest BCUT2D eigenvalue weighted by Gasteiger charge is -2.24. The predicted octanol–water partition coefficient (Wildman–Crippen LogP) is 2.51. The van der Waals surface area contributed by atoms with Crippen LogP contribution < -0.4 is 9.64 Å². The van der Waals surface area contributed by atoms with Gasteiger partial charge in [0.25, 0.3) is 0 Å². The lowest BCUT2D eigenvalue weighted by atomic mass is 9.94. The van der Waals surface area contributed by atoms with Crippen molar-refractivity contribution in [2.75, 3.05) is 20.2 Å². The Morgan fingerprint density at radius 1 is 1.07 bits per heavy atom. The second kappa shape index (κ2) is 8.44. The monoisotopic (exact) mass is 370 g/mol. The van der Waals surface area contributed by atoms with Crippen LogP contribution in [0.4, 0.5) is 4.39 Å². The maximum absolute atomic E-state index is 13.3. The van der Waals surface area contributed by atoms with E-state index in [4.69, 9.17) is 4.74 Å². The Labute approximate surface area is 158 Å². The molecule has 0 saturated carbocycles. The molecule has 1 heterocycles. The van der Waals surface area contributed by atoms with Crippen LogP contribution in [-0.2, 0) is 6.42 Å². The first-order valence-corrected chi connectivity index (χ1v) is 9.32. The van der Waals surface area contributed by atoms with Crippen LogP contribution in [0, 0.1) is 5.82 Å². The van der Waals surface area contributed by atoms with E-state index in [1.165, 1.54) is 24.0 Å². The number of carbonyl (C=O) groups excluding carboxylic acids is 2. The summed E-state index contributed by atoms with van der Waals surface area (Å²) in [6.45, 7) is 3.40. The van der Waals surface area contributed by atoms with Crippen molar-refractivity contribution in [2.45, 2.75) is 32.2 Å². The molecule has 5 heteroatoms. The number of hydrogen-bond donors (Lipinski definition) is 1. The van der Waals surface area contributed by atoms with Gasteiger partial charge in [0.05, 0.1) is 20.2 Å². The topological polar surface area (TPSA) is 47.8 Å². The fraction of sp³-hybridized carbons (Fsp3) is 0.364. The first-order chi connectivity index (χ1) is 13.0. The molecular weight excluding hydrogens is 345 g/mol. The van der Waals surface area contributed by atoms with E-state index in [-0.39, 0.29) is 23.4 Å². The average Bonchev–Trinajstić information content (AvgIpc) is 3.20. The van der Waals surface area contributed by atoms with Gasteiger partial charge in [0.1, 0.15) is 11.6 Å². The number of ether oxygens (including phenoxy) is 1. The number of hydrogen-bond acceptors (Lipinski definition) is 3. The highest BCUT2D eigenvalue weighted by Crippen LogP contribution is 2.22. The fourth-order valence-electron chi connectivity index (χ4n) is 3.79. The minimum atomic E-state index is -0.354. The smallest absolute Gasteiger partial charge is 0.220 e. The Morgan fingerprint density at radius 3 is 2.30 bits per heavy atom. The summed E-state index contributed by atoms with van der Waals surface area (Å²) >= 11 is 0. The highest BCUT2D eigenvalue weighted by molar-refractivity contribution is 5.99. The number of quaternary nitrogens is 1. The van der Waals surface area contributed by atoms with Crippen LogP contribution >= 0.6 is 0 Å². The average molecular weight is 370 g/mol. The van der Waals surface area contributed by atoms with Crippen molar-refractivity contribution in [2.24, 2.45) is 0 Å². The largest absolute Gasteiger partial charge is 0.496 e. The van der Waals surface area contributed by atoms with Crippen molar-refractivity contribution in [3.63, 3.8) is 0 Å². The minimum absolute atomic E-state index is 0.00202. The van der Waals surface area contributed by atoms with Crippen LogP contribution in [0.25, 0.3) is 0 Å². The Bertz CT molecular complexity index is 826. The molecule has 2 aromatic rings. The van der Waals surface area contributed by atoms with Crippen molar-refractivity contribution in [1.29, 1.82) is 0 Å². The third-order valence-electron chi connectivity index (χ3n) is 5.29. The molecule has 0 aliphatic carbocycles. The molecule has 0 spiro atoms. The van der Waals surface area contributed by atoms with Crippen molar-refractivity contribution in [1.82, 2.24) is 0 Å². The molecule has 142 valence electrons. The number of likely N-dealkylation sites (tertiary alicyclic amines) is 1. The van der Waals surface area contributed by atoms with Gasteiger partial charge in [-0.05, 0) is 49.4 Å². The number of Topliss-reactive ketones (excluding diaryl/α,β-unsaturated/α-hetero) is 2. The summed E-state index contributed by atoms with van der Waals surface area (Å²) in [6, 6.07) is 10.8. The highest BCUT2D eigenvalue weighted by atomic mass is 19.1. The third kappa shape index (κ3) is 4.42. The molecule has 0 unspecified atom stereocenters. The summed E-state index contributed by atoms with van der Waals surface area (Å²) in [6.07, 6.45) is 2.66. The summed E-state index contributed by atoms with van der Waals surface area (Å²) in [5.41, 5.74) is 1.97. The van der Waals surface area contributed by atoms with Crippen molar-refractivity contribution in [3.8, 4) is 5.75 Å². The van der Waals surface area contributed by atoms with E-state index in [0.717, 1.165) is 31.5 Å². The maximum Gasteiger partial charge on any atom is 0.220 e. The molecule has 0 aromatic heterocycles. The van der Waals surface area contributed by atoms with Crippen LogP contribution in [-0.4, -0.2) is 37.8 Å². The van der Waals surface area contributed by atoms with Crippen LogP contribution in [0.15, 0.2) is 42.5 Å². The van der Waals surface area contributed by atoms with E-state index in [1.54, 1.807) is 31.4 Å². The molecular formula is C22H25FNO3+. The molecule has 27 heavy (non-hydrogen) atoms. The molecule has 1 N–H and O–H groups in total. The van der Waals surface area contributed by atoms with Crippen LogP contribution in [0.3, 0.4) is 0 Å². The lowest BCUT2D eigenvalue weighted by molar-refractivity contribution is -0.903. The Kier molecular flexibility index (Phi) is 6.01. The Hall–Kier alpha value is -2.53. The van der Waals surface area contributed by atoms with E-state index < -0.39 is 0 Å². The summed E-state index contributed by atoms with van der Waals surface area (Å²) in [5, 5.41) is 0. The Balaban J connectivity index is 1.94. The van der Waals surface area contributed by atoms with Gasteiger partial charge in [-0.2, -0.15) is 0 Å². The molecule has 1 aliphatic heterocycles. The molecule has 3 rings (SSSR count). The maximum atomic E-state index is 13.3. The number of halogens is 1. The molecule has 0 amide bonds. The lowest BCUT2D eigenvalue weighted by Crippen LogP contribution is -3.15. The van der Waals surface area contributed by atoms with Gasteiger partial charge in [0.15, 0.2) is 11.8 Å². The number of methoxy groups -OCH3 is 1. The second-order valence-electron chi connectivity index (χ2n) is 7.08. The van der Waals surface area contributed by atoms with Crippen LogP contribution in [0.1, 0.15) is 46.0 Å². The SMILES string of the molecule is COc1ccc(C(C)=O)cc1C[C@@H](C(=O)c1ccc(F)cc1)[NH+]1CCCC1. The number of rotatable bonds is 7. The van der Waals surface area contributed by atoms with Gasteiger partial charge >= 0.3 is 0 Å². The van der Waals surface area contributed by atoms with E-state index in [9.17, 15) is 14.0 Å². The number of benzene rings is 2. The molecule has 0 bridgehead atoms. The zero-order valence-electron chi connectivity index (χ0n) is 15.8. The molecule has 1 fully saturated rings. The summed E-state index contributed by atoms with van der Waals surface area (Å²) < 4.78 is 18.7. The summed E-state index contributed by atoms with van der Waals surface area (Å²) in [5.74, 6) is 0.305. The molecule has 2 aromatic carbocycles. The molecule has 1 atom stereocenters. The number of carbonyl (C=O) groups is 2. The zero-order chi connectivity index (χ0) is 19.4. The third-order valence-corrected chi connectivity index (χ3v) is 5.29. The van der Waals surface area contributed by atoms with Crippen molar-refractivity contribution >= 4 is 11.6 Å². The fourth-order valence-corrected chi connectivity index (χ4v) is 3.79. The molecule has 1 saturated heterocycles. The molecule has 0 radical (unpaired) electrons. The van der Waals surface area contributed by atoms with E-state index in [1.807, 2.05) is 6.07 Å². The second-order valence-corrected chi connectivity index (χ2v) is 7.08. The van der Waals surface area contributed by atoms with E-state index >= 15 is 0 Å². The predicted molar refractivity (Wildman–Crippen MR) is 101 cm³/mol. The van der Waals surface area contributed by atoms with Crippen molar-refractivity contribution in [3.05, 3.63) is 65.0 Å². The summed E-state index contributed by atoms with van der Waals surface area (Å²) in [4.78, 5) is 26.2. The van der Waals surface area contributed by atoms with Crippen LogP contribution in [0.2, 0.25) is 0 Å². The number of ketones is 2. The first-order valence-electron chi connectivity index (χ1n) is 9.32. The normalized spacial score (nSPS) is 15.5. The van der Waals surface area contributed by atoms with Gasteiger partial charge in [0, 0.05) is 36.0 Å². The highest BCUT2D eigenvalue weighted by Gasteiger charge is 2.33. The van der Waals surface area contributed by atoms with E-state index in [2.05, 4.69) is 0 Å². The molecule has 1 aliphatic rings. The van der Waals surface area contributed by atoms with Gasteiger partial charge in [0.2, 0.25) is 5.78 Å². The summed E-state index contributed by atoms with van der Waals surface area (Å²) in [7, 11) is 1.59. The van der Waals surface area contributed by atoms with Gasteiger partial charge in [-0.25, -0.2) is 4.39 Å². The zero-order valence-corrected chi connectivity index (χ0v) is 15.8. The van der Waals surface area contributed by atoms with Crippen LogP contribution in [0.5, 0.6) is 5.75 Å². The van der Waals surface area contributed by atoms with Gasteiger partial charge in [-0.15, -0.1) is 0 Å². The van der Waals surface area contributed by atoms with Crippen molar-refractivity contribution < 1.29 is 23.6 Å². The molecule has 4 nitrogen and oxygen atoms in total. The standard InChI is InChI=1S/C22H24FNO3/c1-15(25)17-7-10-21(27-2)18(13-17)14-20(24-11-3-4-12-24)22(26)16-5-8-19(23)9-6-16/h5-10,13,20H,3-4,11-12,14H2,1-2H3/p+1/t20-/m0/s1. The number of nitrogens with one attached hydrogen (secondary N) is 1. The minimum Gasteiger partial charge on any atom is -0.496 e. The van der Waals surface area contributed by atoms with Gasteiger partial charge in [-0.3, -0.25) is 9.59 Å². The first kappa shape index (κ1) is 19.2. The van der Waals surface area contributed by atoms with Gasteiger partial charge < -0.3 is 9.64 Å². The quantitative estimate of drug-likeness (QED) is 0.762. The van der Waals surface area contributed by atoms with Gasteiger partial charge in [-0.1, -0.05) is 0 Å². The van der Waals surface area contributed by atoms with E-state index in [0.29, 0.717) is 23.3 Å².